The molecule has 5 nitrogen and oxygen atoms in total. The van der Waals surface area contributed by atoms with E-state index < -0.39 is 5.54 Å². The van der Waals surface area contributed by atoms with Gasteiger partial charge in [-0.15, -0.1) is 0 Å². The number of anilines is 1. The van der Waals surface area contributed by atoms with Gasteiger partial charge in [0.05, 0.1) is 11.6 Å². The highest BCUT2D eigenvalue weighted by Gasteiger charge is 2.35. The van der Waals surface area contributed by atoms with Crippen molar-refractivity contribution >= 4 is 11.6 Å². The van der Waals surface area contributed by atoms with Crippen LogP contribution in [0.1, 0.15) is 44.9 Å². The number of carbonyl (C=O) groups excluding carboxylic acids is 1. The van der Waals surface area contributed by atoms with Crippen LogP contribution in [0.15, 0.2) is 24.3 Å². The Morgan fingerprint density at radius 1 is 1.22 bits per heavy atom. The third-order valence-corrected chi connectivity index (χ3v) is 4.77. The molecular formula is C18H26N2O3. The summed E-state index contributed by atoms with van der Waals surface area (Å²) >= 11 is 0. The quantitative estimate of drug-likeness (QED) is 0.875. The second-order valence-electron chi connectivity index (χ2n) is 6.64. The van der Waals surface area contributed by atoms with Gasteiger partial charge in [0.1, 0.15) is 12.4 Å². The summed E-state index contributed by atoms with van der Waals surface area (Å²) in [5.74, 6) is 0.712. The summed E-state index contributed by atoms with van der Waals surface area (Å²) < 4.78 is 11.3. The topological polar surface area (TPSA) is 73.6 Å². The molecule has 1 saturated carbocycles. The Bertz CT molecular complexity index is 518. The first-order valence-corrected chi connectivity index (χ1v) is 8.60. The van der Waals surface area contributed by atoms with Gasteiger partial charge in [-0.3, -0.25) is 4.79 Å². The van der Waals surface area contributed by atoms with Crippen molar-refractivity contribution in [3.63, 3.8) is 0 Å². The van der Waals surface area contributed by atoms with E-state index in [1.807, 2.05) is 24.3 Å². The summed E-state index contributed by atoms with van der Waals surface area (Å²) in [5, 5.41) is 2.93. The zero-order valence-electron chi connectivity index (χ0n) is 13.6. The highest BCUT2D eigenvalue weighted by Crippen LogP contribution is 2.27. The largest absolute Gasteiger partial charge is 0.491 e. The van der Waals surface area contributed by atoms with Crippen molar-refractivity contribution in [2.24, 2.45) is 5.73 Å². The Hall–Kier alpha value is -1.59. The zero-order valence-corrected chi connectivity index (χ0v) is 13.6. The molecule has 1 heterocycles. The van der Waals surface area contributed by atoms with Crippen molar-refractivity contribution in [1.82, 2.24) is 0 Å². The van der Waals surface area contributed by atoms with Crippen molar-refractivity contribution in [3.05, 3.63) is 24.3 Å². The van der Waals surface area contributed by atoms with Crippen LogP contribution in [0.25, 0.3) is 0 Å². The second kappa shape index (κ2) is 7.32. The molecule has 3 rings (SSSR count). The number of nitrogens with one attached hydrogen (secondary N) is 1. The van der Waals surface area contributed by atoms with Crippen LogP contribution in [0, 0.1) is 0 Å². The lowest BCUT2D eigenvalue weighted by Crippen LogP contribution is -2.52. The Kier molecular flexibility index (Phi) is 5.18. The predicted molar refractivity (Wildman–Crippen MR) is 89.5 cm³/mol. The van der Waals surface area contributed by atoms with Crippen molar-refractivity contribution < 1.29 is 14.3 Å². The normalized spacial score (nSPS) is 23.4. The Balaban J connectivity index is 1.51. The van der Waals surface area contributed by atoms with Gasteiger partial charge in [0, 0.05) is 12.3 Å². The summed E-state index contributed by atoms with van der Waals surface area (Å²) in [6.45, 7) is 1.41. The predicted octanol–water partition coefficient (Wildman–Crippen LogP) is 2.84. The van der Waals surface area contributed by atoms with Crippen LogP contribution >= 0.6 is 0 Å². The van der Waals surface area contributed by atoms with E-state index in [9.17, 15) is 4.79 Å². The summed E-state index contributed by atoms with van der Waals surface area (Å²) in [6.07, 6.45) is 7.14. The minimum absolute atomic E-state index is 0.0785. The number of hydrogen-bond donors (Lipinski definition) is 2. The van der Waals surface area contributed by atoms with E-state index in [1.165, 1.54) is 6.42 Å². The first-order valence-electron chi connectivity index (χ1n) is 8.60. The number of amides is 1. The molecule has 0 radical (unpaired) electrons. The molecule has 1 aromatic rings. The van der Waals surface area contributed by atoms with Crippen molar-refractivity contribution in [2.45, 2.75) is 56.6 Å². The van der Waals surface area contributed by atoms with Gasteiger partial charge in [-0.2, -0.15) is 0 Å². The Morgan fingerprint density at radius 2 is 1.96 bits per heavy atom. The Morgan fingerprint density at radius 3 is 2.61 bits per heavy atom. The molecular weight excluding hydrogens is 292 g/mol. The highest BCUT2D eigenvalue weighted by molar-refractivity contribution is 5.98. The van der Waals surface area contributed by atoms with E-state index in [0.29, 0.717) is 6.61 Å². The second-order valence-corrected chi connectivity index (χ2v) is 6.64. The molecule has 1 aliphatic carbocycles. The van der Waals surface area contributed by atoms with E-state index in [0.717, 1.165) is 56.6 Å². The molecule has 0 aromatic heterocycles. The van der Waals surface area contributed by atoms with E-state index in [1.54, 1.807) is 0 Å². The number of rotatable bonds is 5. The molecule has 3 N–H and O–H groups in total. The fourth-order valence-electron chi connectivity index (χ4n) is 3.26. The molecule has 23 heavy (non-hydrogen) atoms. The lowest BCUT2D eigenvalue weighted by atomic mass is 9.82. The molecule has 2 aliphatic rings. The van der Waals surface area contributed by atoms with Crippen LogP contribution in [0.4, 0.5) is 5.69 Å². The molecule has 5 heteroatoms. The van der Waals surface area contributed by atoms with E-state index in [4.69, 9.17) is 15.2 Å². The maximum atomic E-state index is 12.4. The molecule has 1 aliphatic heterocycles. The summed E-state index contributed by atoms with van der Waals surface area (Å²) in [4.78, 5) is 12.4. The molecule has 126 valence electrons. The first kappa shape index (κ1) is 16.3. The molecule has 1 saturated heterocycles. The number of hydrogen-bond acceptors (Lipinski definition) is 4. The number of benzene rings is 1. The maximum Gasteiger partial charge on any atom is 0.244 e. The summed E-state index contributed by atoms with van der Waals surface area (Å²) in [7, 11) is 0. The fraction of sp³-hybridized carbons (Fsp3) is 0.611. The fourth-order valence-corrected chi connectivity index (χ4v) is 3.26. The Labute approximate surface area is 137 Å². The van der Waals surface area contributed by atoms with Crippen LogP contribution < -0.4 is 15.8 Å². The number of ether oxygens (including phenoxy) is 2. The third kappa shape index (κ3) is 4.24. The molecule has 1 atom stereocenters. The van der Waals surface area contributed by atoms with Gasteiger partial charge in [-0.25, -0.2) is 0 Å². The van der Waals surface area contributed by atoms with Crippen LogP contribution in [-0.2, 0) is 9.53 Å². The van der Waals surface area contributed by atoms with Crippen LogP contribution in [0.2, 0.25) is 0 Å². The van der Waals surface area contributed by atoms with E-state index in [2.05, 4.69) is 5.32 Å². The summed E-state index contributed by atoms with van der Waals surface area (Å²) in [6, 6.07) is 7.45. The van der Waals surface area contributed by atoms with Gasteiger partial charge < -0.3 is 20.5 Å². The van der Waals surface area contributed by atoms with Gasteiger partial charge in [-0.05, 0) is 49.9 Å². The molecule has 1 unspecified atom stereocenters. The molecule has 0 bridgehead atoms. The van der Waals surface area contributed by atoms with Gasteiger partial charge in [-0.1, -0.05) is 19.3 Å². The minimum atomic E-state index is -0.715. The SMILES string of the molecule is NC1(C(=O)Nc2ccc(OCC3CCCO3)cc2)CCCCC1. The van der Waals surface area contributed by atoms with Gasteiger partial charge in [0.25, 0.3) is 0 Å². The van der Waals surface area contributed by atoms with E-state index in [-0.39, 0.29) is 12.0 Å². The van der Waals surface area contributed by atoms with Crippen LogP contribution in [-0.4, -0.2) is 30.8 Å². The van der Waals surface area contributed by atoms with Crippen LogP contribution in [0.5, 0.6) is 5.75 Å². The smallest absolute Gasteiger partial charge is 0.244 e. The van der Waals surface area contributed by atoms with Crippen LogP contribution in [0.3, 0.4) is 0 Å². The minimum Gasteiger partial charge on any atom is -0.491 e. The average Bonchev–Trinajstić information content (AvgIpc) is 3.08. The molecule has 2 fully saturated rings. The zero-order chi connectivity index (χ0) is 16.1. The summed E-state index contributed by atoms with van der Waals surface area (Å²) in [5.41, 5.74) is 6.29. The highest BCUT2D eigenvalue weighted by atomic mass is 16.5. The average molecular weight is 318 g/mol. The number of nitrogens with two attached hydrogens (primary N) is 1. The third-order valence-electron chi connectivity index (χ3n) is 4.77. The molecule has 1 aromatic carbocycles. The van der Waals surface area contributed by atoms with Crippen molar-refractivity contribution in [1.29, 1.82) is 0 Å². The standard InChI is InChI=1S/C18H26N2O3/c19-18(10-2-1-3-11-18)17(21)20-14-6-8-15(9-7-14)23-13-16-5-4-12-22-16/h6-9,16H,1-5,10-13,19H2,(H,20,21). The van der Waals surface area contributed by atoms with Gasteiger partial charge >= 0.3 is 0 Å². The van der Waals surface area contributed by atoms with Crippen molar-refractivity contribution in [3.8, 4) is 5.75 Å². The van der Waals surface area contributed by atoms with Crippen molar-refractivity contribution in [2.75, 3.05) is 18.5 Å². The van der Waals surface area contributed by atoms with E-state index >= 15 is 0 Å². The lowest BCUT2D eigenvalue weighted by molar-refractivity contribution is -0.122. The monoisotopic (exact) mass is 318 g/mol. The maximum absolute atomic E-state index is 12.4. The lowest BCUT2D eigenvalue weighted by Gasteiger charge is -2.31. The van der Waals surface area contributed by atoms with Gasteiger partial charge in [0.2, 0.25) is 5.91 Å². The first-order chi connectivity index (χ1) is 11.2. The molecule has 0 spiro atoms. The molecule has 1 amide bonds. The van der Waals surface area contributed by atoms with Gasteiger partial charge in [0.15, 0.2) is 0 Å². The number of carbonyl (C=O) groups is 1.